The molecule has 1 aromatic rings. The van der Waals surface area contributed by atoms with Crippen LogP contribution in [0.5, 0.6) is 5.75 Å². The van der Waals surface area contributed by atoms with Crippen LogP contribution in [0.1, 0.15) is 27.7 Å². The Morgan fingerprint density at radius 2 is 1.82 bits per heavy atom. The monoisotopic (exact) mass is 410 g/mol. The molecule has 0 aliphatic carbocycles. The Kier molecular flexibility index (Phi) is 8.10. The second kappa shape index (κ2) is 10.1. The molecule has 28 heavy (non-hydrogen) atoms. The van der Waals surface area contributed by atoms with Gasteiger partial charge >= 0.3 is 6.03 Å². The van der Waals surface area contributed by atoms with Gasteiger partial charge in [-0.25, -0.2) is 4.79 Å². The van der Waals surface area contributed by atoms with E-state index in [4.69, 9.17) is 16.3 Å². The molecule has 156 valence electrons. The van der Waals surface area contributed by atoms with Crippen LogP contribution in [-0.2, 0) is 4.79 Å². The molecule has 0 aromatic heterocycles. The van der Waals surface area contributed by atoms with E-state index in [1.165, 1.54) is 0 Å². The van der Waals surface area contributed by atoms with E-state index in [1.807, 2.05) is 52.0 Å². The Bertz CT molecular complexity index is 670. The number of nitrogens with zero attached hydrogens (tertiary/aromatic N) is 2. The highest BCUT2D eigenvalue weighted by atomic mass is 35.5. The molecule has 3 amide bonds. The smallest absolute Gasteiger partial charge is 0.321 e. The number of hydrogen-bond donors (Lipinski definition) is 2. The molecule has 0 saturated carbocycles. The molecule has 0 bridgehead atoms. The van der Waals surface area contributed by atoms with Crippen LogP contribution in [0.3, 0.4) is 0 Å². The third-order valence-corrected chi connectivity index (χ3v) is 4.87. The number of carbonyl (C=O) groups is 2. The third kappa shape index (κ3) is 7.30. The van der Waals surface area contributed by atoms with Crippen molar-refractivity contribution in [2.45, 2.75) is 39.3 Å². The van der Waals surface area contributed by atoms with Gasteiger partial charge in [0.25, 0.3) is 0 Å². The van der Waals surface area contributed by atoms with Crippen molar-refractivity contribution in [2.75, 3.05) is 39.3 Å². The standard InChI is InChI=1S/C20H31ClN4O3/c1-15(18(26)22-19(27)23-20(2,3)4)25-11-9-24(10-12-25)13-14-28-17-8-6-5-7-16(17)21/h5-8,15H,9-14H2,1-4H3,(H2,22,23,26,27). The van der Waals surface area contributed by atoms with E-state index in [9.17, 15) is 9.59 Å². The van der Waals surface area contributed by atoms with Gasteiger partial charge in [0.15, 0.2) is 0 Å². The summed E-state index contributed by atoms with van der Waals surface area (Å²) < 4.78 is 5.74. The fourth-order valence-electron chi connectivity index (χ4n) is 2.97. The first-order valence-corrected chi connectivity index (χ1v) is 10.0. The average Bonchev–Trinajstić information content (AvgIpc) is 2.61. The van der Waals surface area contributed by atoms with Gasteiger partial charge in [0.2, 0.25) is 5.91 Å². The van der Waals surface area contributed by atoms with Crippen LogP contribution in [0.4, 0.5) is 4.79 Å². The number of halogens is 1. The summed E-state index contributed by atoms with van der Waals surface area (Å²) in [5.74, 6) is 0.416. The number of imide groups is 1. The fraction of sp³-hybridized carbons (Fsp3) is 0.600. The van der Waals surface area contributed by atoms with Gasteiger partial charge in [-0.05, 0) is 39.8 Å². The second-order valence-electron chi connectivity index (χ2n) is 8.03. The molecule has 1 heterocycles. The zero-order chi connectivity index (χ0) is 20.7. The van der Waals surface area contributed by atoms with Crippen LogP contribution in [0.15, 0.2) is 24.3 Å². The largest absolute Gasteiger partial charge is 0.491 e. The maximum Gasteiger partial charge on any atom is 0.321 e. The molecule has 1 aromatic carbocycles. The van der Waals surface area contributed by atoms with Gasteiger partial charge in [-0.2, -0.15) is 0 Å². The summed E-state index contributed by atoms with van der Waals surface area (Å²) in [5.41, 5.74) is -0.384. The lowest BCUT2D eigenvalue weighted by Gasteiger charge is -2.37. The number of rotatable bonds is 6. The van der Waals surface area contributed by atoms with Gasteiger partial charge < -0.3 is 10.1 Å². The van der Waals surface area contributed by atoms with Gasteiger partial charge in [0.1, 0.15) is 12.4 Å². The Morgan fingerprint density at radius 3 is 2.43 bits per heavy atom. The lowest BCUT2D eigenvalue weighted by molar-refractivity contribution is -0.125. The summed E-state index contributed by atoms with van der Waals surface area (Å²) in [5, 5.41) is 5.77. The number of para-hydroxylation sites is 1. The lowest BCUT2D eigenvalue weighted by atomic mass is 10.1. The van der Waals surface area contributed by atoms with E-state index in [-0.39, 0.29) is 17.5 Å². The molecule has 0 spiro atoms. The van der Waals surface area contributed by atoms with Crippen molar-refractivity contribution in [3.8, 4) is 5.75 Å². The number of ether oxygens (including phenoxy) is 1. The van der Waals surface area contributed by atoms with Gasteiger partial charge in [0, 0.05) is 38.3 Å². The van der Waals surface area contributed by atoms with E-state index in [1.54, 1.807) is 0 Å². The van der Waals surface area contributed by atoms with Crippen LogP contribution in [0.25, 0.3) is 0 Å². The normalized spacial score (nSPS) is 17.0. The Balaban J connectivity index is 1.70. The molecule has 1 aliphatic heterocycles. The van der Waals surface area contributed by atoms with Crippen molar-refractivity contribution in [3.63, 3.8) is 0 Å². The van der Waals surface area contributed by atoms with Crippen molar-refractivity contribution in [3.05, 3.63) is 29.3 Å². The van der Waals surface area contributed by atoms with E-state index in [0.717, 1.165) is 32.7 Å². The summed E-state index contributed by atoms with van der Waals surface area (Å²) >= 11 is 6.09. The van der Waals surface area contributed by atoms with E-state index >= 15 is 0 Å². The van der Waals surface area contributed by atoms with Gasteiger partial charge in [0.05, 0.1) is 11.1 Å². The van der Waals surface area contributed by atoms with E-state index < -0.39 is 6.03 Å². The summed E-state index contributed by atoms with van der Waals surface area (Å²) in [6.07, 6.45) is 0. The number of benzene rings is 1. The number of urea groups is 1. The molecule has 1 saturated heterocycles. The highest BCUT2D eigenvalue weighted by molar-refractivity contribution is 6.32. The Labute approximate surface area is 172 Å². The molecule has 1 atom stereocenters. The number of nitrogens with one attached hydrogen (secondary N) is 2. The van der Waals surface area contributed by atoms with Crippen LogP contribution in [0.2, 0.25) is 5.02 Å². The number of piperazine rings is 1. The van der Waals surface area contributed by atoms with Crippen LogP contribution >= 0.6 is 11.6 Å². The van der Waals surface area contributed by atoms with Crippen LogP contribution < -0.4 is 15.4 Å². The molecule has 1 aliphatic rings. The van der Waals surface area contributed by atoms with Gasteiger partial charge in [-0.15, -0.1) is 0 Å². The number of hydrogen-bond acceptors (Lipinski definition) is 5. The molecule has 2 N–H and O–H groups in total. The zero-order valence-corrected chi connectivity index (χ0v) is 17.9. The first kappa shape index (κ1) is 22.5. The minimum absolute atomic E-state index is 0.280. The van der Waals surface area contributed by atoms with Crippen molar-refractivity contribution < 1.29 is 14.3 Å². The summed E-state index contributed by atoms with van der Waals surface area (Å²) in [4.78, 5) is 28.6. The Morgan fingerprint density at radius 1 is 1.18 bits per heavy atom. The van der Waals surface area contributed by atoms with E-state index in [2.05, 4.69) is 20.4 Å². The molecule has 7 nitrogen and oxygen atoms in total. The maximum absolute atomic E-state index is 12.3. The molecule has 0 radical (unpaired) electrons. The lowest BCUT2D eigenvalue weighted by Crippen LogP contribution is -2.57. The predicted octanol–water partition coefficient (Wildman–Crippen LogP) is 2.35. The maximum atomic E-state index is 12.3. The number of amides is 3. The van der Waals surface area contributed by atoms with Gasteiger partial charge in [-0.1, -0.05) is 23.7 Å². The molecule has 1 unspecified atom stereocenters. The third-order valence-electron chi connectivity index (χ3n) is 4.56. The average molecular weight is 411 g/mol. The van der Waals surface area contributed by atoms with E-state index in [0.29, 0.717) is 17.4 Å². The van der Waals surface area contributed by atoms with Crippen LogP contribution in [-0.4, -0.2) is 72.6 Å². The quantitative estimate of drug-likeness (QED) is 0.753. The predicted molar refractivity (Wildman–Crippen MR) is 111 cm³/mol. The topological polar surface area (TPSA) is 73.9 Å². The van der Waals surface area contributed by atoms with Crippen molar-refractivity contribution in [1.29, 1.82) is 0 Å². The molecule has 2 rings (SSSR count). The molecular formula is C20H31ClN4O3. The molecule has 1 fully saturated rings. The van der Waals surface area contributed by atoms with Crippen LogP contribution in [0, 0.1) is 0 Å². The molecular weight excluding hydrogens is 380 g/mol. The number of carbonyl (C=O) groups excluding carboxylic acids is 2. The highest BCUT2D eigenvalue weighted by Gasteiger charge is 2.27. The van der Waals surface area contributed by atoms with Crippen molar-refractivity contribution >= 4 is 23.5 Å². The highest BCUT2D eigenvalue weighted by Crippen LogP contribution is 2.22. The SMILES string of the molecule is CC(C(=O)NC(=O)NC(C)(C)C)N1CCN(CCOc2ccccc2Cl)CC1. The summed E-state index contributed by atoms with van der Waals surface area (Å²) in [6, 6.07) is 6.62. The first-order valence-electron chi connectivity index (χ1n) is 9.62. The minimum atomic E-state index is -0.459. The Hall–Kier alpha value is -1.83. The minimum Gasteiger partial charge on any atom is -0.491 e. The van der Waals surface area contributed by atoms with Gasteiger partial charge in [-0.3, -0.25) is 19.9 Å². The van der Waals surface area contributed by atoms with Crippen molar-refractivity contribution in [1.82, 2.24) is 20.4 Å². The summed E-state index contributed by atoms with van der Waals surface area (Å²) in [6.45, 7) is 12.0. The first-order chi connectivity index (χ1) is 13.2. The molecule has 8 heteroatoms. The zero-order valence-electron chi connectivity index (χ0n) is 17.1. The van der Waals surface area contributed by atoms with Crippen molar-refractivity contribution in [2.24, 2.45) is 0 Å². The fourth-order valence-corrected chi connectivity index (χ4v) is 3.17. The second-order valence-corrected chi connectivity index (χ2v) is 8.43. The summed E-state index contributed by atoms with van der Waals surface area (Å²) in [7, 11) is 0.